The van der Waals surface area contributed by atoms with Crippen LogP contribution in [0.1, 0.15) is 13.8 Å². The summed E-state index contributed by atoms with van der Waals surface area (Å²) in [5, 5.41) is 0.561. The Labute approximate surface area is 145 Å². The first-order chi connectivity index (χ1) is 11.4. The zero-order valence-corrected chi connectivity index (χ0v) is 14.2. The summed E-state index contributed by atoms with van der Waals surface area (Å²) in [6.07, 6.45) is 3.19. The predicted octanol–water partition coefficient (Wildman–Crippen LogP) is 2.58. The second kappa shape index (κ2) is 5.33. The van der Waals surface area contributed by atoms with Crippen molar-refractivity contribution in [2.45, 2.75) is 31.7 Å². The molecule has 2 fully saturated rings. The van der Waals surface area contributed by atoms with Gasteiger partial charge in [-0.3, -0.25) is 9.59 Å². The van der Waals surface area contributed by atoms with Gasteiger partial charge in [0.1, 0.15) is 11.5 Å². The Morgan fingerprint density at radius 2 is 2.25 bits per heavy atom. The van der Waals surface area contributed by atoms with Crippen LogP contribution in [0.5, 0.6) is 0 Å². The van der Waals surface area contributed by atoms with Crippen LogP contribution in [-0.4, -0.2) is 36.2 Å². The Morgan fingerprint density at radius 1 is 1.46 bits per heavy atom. The van der Waals surface area contributed by atoms with Gasteiger partial charge in [0.05, 0.1) is 24.7 Å². The monoisotopic (exact) mass is 347 g/mol. The number of amides is 1. The summed E-state index contributed by atoms with van der Waals surface area (Å²) in [4.78, 5) is 27.2. The average Bonchev–Trinajstić information content (AvgIpc) is 3.15. The maximum absolute atomic E-state index is 13.0. The van der Waals surface area contributed by atoms with Crippen LogP contribution in [0.15, 0.2) is 36.4 Å². The fourth-order valence-electron chi connectivity index (χ4n) is 3.94. The van der Waals surface area contributed by atoms with Crippen LogP contribution in [0.2, 0.25) is 5.02 Å². The summed E-state index contributed by atoms with van der Waals surface area (Å²) >= 11 is 6.05. The lowest BCUT2D eigenvalue weighted by atomic mass is 9.77. The summed E-state index contributed by atoms with van der Waals surface area (Å²) in [7, 11) is 0. The third-order valence-electron chi connectivity index (χ3n) is 4.84. The number of esters is 1. The Bertz CT molecular complexity index is 746. The minimum atomic E-state index is -0.745. The number of benzene rings is 1. The zero-order valence-electron chi connectivity index (χ0n) is 13.4. The fourth-order valence-corrected chi connectivity index (χ4v) is 4.13. The van der Waals surface area contributed by atoms with E-state index in [-0.39, 0.29) is 24.1 Å². The number of halogens is 1. The Balaban J connectivity index is 1.68. The van der Waals surface area contributed by atoms with Crippen LogP contribution in [-0.2, 0) is 19.1 Å². The van der Waals surface area contributed by atoms with E-state index in [2.05, 4.69) is 0 Å². The van der Waals surface area contributed by atoms with E-state index in [0.29, 0.717) is 17.3 Å². The van der Waals surface area contributed by atoms with E-state index in [1.165, 1.54) is 0 Å². The molecule has 126 valence electrons. The number of carbonyl (C=O) groups is 2. The molecule has 0 saturated carbocycles. The van der Waals surface area contributed by atoms with Crippen molar-refractivity contribution < 1.29 is 19.1 Å². The van der Waals surface area contributed by atoms with Crippen molar-refractivity contribution in [2.75, 3.05) is 11.4 Å². The van der Waals surface area contributed by atoms with Gasteiger partial charge in [-0.15, -0.1) is 0 Å². The van der Waals surface area contributed by atoms with Crippen molar-refractivity contribution >= 4 is 29.2 Å². The number of hydrogen-bond acceptors (Lipinski definition) is 4. The number of carbonyl (C=O) groups excluding carboxylic acids is 2. The van der Waals surface area contributed by atoms with Crippen LogP contribution in [0.3, 0.4) is 0 Å². The van der Waals surface area contributed by atoms with E-state index >= 15 is 0 Å². The molecular formula is C18H18ClNO4. The van der Waals surface area contributed by atoms with Crippen LogP contribution < -0.4 is 4.90 Å². The maximum Gasteiger partial charge on any atom is 0.313 e. The van der Waals surface area contributed by atoms with Gasteiger partial charge < -0.3 is 14.4 Å². The van der Waals surface area contributed by atoms with Crippen LogP contribution >= 0.6 is 11.6 Å². The first kappa shape index (κ1) is 15.7. The van der Waals surface area contributed by atoms with E-state index in [9.17, 15) is 9.59 Å². The molecule has 0 aliphatic carbocycles. The van der Waals surface area contributed by atoms with Gasteiger partial charge >= 0.3 is 5.97 Å². The number of anilines is 1. The lowest BCUT2D eigenvalue weighted by Gasteiger charge is -2.23. The molecule has 3 aliphatic heterocycles. The molecule has 4 rings (SSSR count). The van der Waals surface area contributed by atoms with E-state index < -0.39 is 17.4 Å². The molecule has 1 aromatic carbocycles. The maximum atomic E-state index is 13.0. The van der Waals surface area contributed by atoms with Gasteiger partial charge in [0, 0.05) is 10.7 Å². The molecule has 1 unspecified atom stereocenters. The molecule has 1 aromatic rings. The van der Waals surface area contributed by atoms with Gasteiger partial charge in [-0.05, 0) is 32.0 Å². The molecule has 0 aromatic heterocycles. The predicted molar refractivity (Wildman–Crippen MR) is 88.8 cm³/mol. The Kier molecular flexibility index (Phi) is 3.48. The van der Waals surface area contributed by atoms with Crippen molar-refractivity contribution in [1.82, 2.24) is 0 Å². The molecule has 0 N–H and O–H groups in total. The summed E-state index contributed by atoms with van der Waals surface area (Å²) in [5.74, 6) is -1.62. The van der Waals surface area contributed by atoms with Gasteiger partial charge in [0.25, 0.3) is 0 Å². The van der Waals surface area contributed by atoms with Gasteiger partial charge in [-0.2, -0.15) is 0 Å². The Morgan fingerprint density at radius 3 is 2.96 bits per heavy atom. The molecule has 2 bridgehead atoms. The summed E-state index contributed by atoms with van der Waals surface area (Å²) in [6.45, 7) is 3.98. The van der Waals surface area contributed by atoms with Gasteiger partial charge in [0.15, 0.2) is 0 Å². The lowest BCUT2D eigenvalue weighted by molar-refractivity contribution is -0.156. The first-order valence-corrected chi connectivity index (χ1v) is 8.44. The first-order valence-electron chi connectivity index (χ1n) is 8.06. The summed E-state index contributed by atoms with van der Waals surface area (Å²) < 4.78 is 11.4. The molecule has 2 saturated heterocycles. The molecule has 1 amide bonds. The highest BCUT2D eigenvalue weighted by atomic mass is 35.5. The number of ether oxygens (including phenoxy) is 2. The molecule has 3 heterocycles. The third kappa shape index (κ3) is 2.19. The van der Waals surface area contributed by atoms with Gasteiger partial charge in [-0.1, -0.05) is 29.8 Å². The van der Waals surface area contributed by atoms with Crippen molar-refractivity contribution in [2.24, 2.45) is 11.8 Å². The van der Waals surface area contributed by atoms with E-state index in [0.717, 1.165) is 0 Å². The second-order valence-corrected chi connectivity index (χ2v) is 7.23. The van der Waals surface area contributed by atoms with Crippen molar-refractivity contribution in [3.63, 3.8) is 0 Å². The normalized spacial score (nSPS) is 33.4. The van der Waals surface area contributed by atoms with Gasteiger partial charge in [0.2, 0.25) is 5.91 Å². The lowest BCUT2D eigenvalue weighted by Crippen LogP contribution is -2.40. The second-order valence-electron chi connectivity index (χ2n) is 6.79. The van der Waals surface area contributed by atoms with Crippen LogP contribution in [0.4, 0.5) is 5.69 Å². The minimum Gasteiger partial charge on any atom is -0.463 e. The van der Waals surface area contributed by atoms with Crippen LogP contribution in [0, 0.1) is 11.8 Å². The number of hydrogen-bond donors (Lipinski definition) is 0. The molecule has 3 aliphatic rings. The quantitative estimate of drug-likeness (QED) is 0.623. The van der Waals surface area contributed by atoms with E-state index in [4.69, 9.17) is 21.1 Å². The third-order valence-corrected chi connectivity index (χ3v) is 5.08. The average molecular weight is 348 g/mol. The molecule has 24 heavy (non-hydrogen) atoms. The van der Waals surface area contributed by atoms with E-state index in [1.807, 2.05) is 18.2 Å². The molecule has 6 heteroatoms. The Hall–Kier alpha value is -1.85. The molecule has 1 spiro atoms. The fraction of sp³-hybridized carbons (Fsp3) is 0.444. The van der Waals surface area contributed by atoms with Crippen molar-refractivity contribution in [1.29, 1.82) is 0 Å². The van der Waals surface area contributed by atoms with Crippen LogP contribution in [0.25, 0.3) is 0 Å². The van der Waals surface area contributed by atoms with Crippen molar-refractivity contribution in [3.8, 4) is 0 Å². The molecular weight excluding hydrogens is 330 g/mol. The number of nitrogens with zero attached hydrogens (tertiary/aromatic N) is 1. The smallest absolute Gasteiger partial charge is 0.313 e. The summed E-state index contributed by atoms with van der Waals surface area (Å²) in [6, 6.07) is 7.14. The molecule has 0 radical (unpaired) electrons. The highest BCUT2D eigenvalue weighted by Gasteiger charge is 2.67. The SMILES string of the molecule is CC(C)OC(=O)[C@H]1[C@H]2C=CC3(CN(c4cccc(Cl)c4)C(=O)[C@@H]13)O2. The highest BCUT2D eigenvalue weighted by Crippen LogP contribution is 2.53. The number of rotatable bonds is 3. The largest absolute Gasteiger partial charge is 0.463 e. The topological polar surface area (TPSA) is 55.8 Å². The van der Waals surface area contributed by atoms with E-state index in [1.54, 1.807) is 36.9 Å². The van der Waals surface area contributed by atoms with Crippen molar-refractivity contribution in [3.05, 3.63) is 41.4 Å². The molecule has 5 nitrogen and oxygen atoms in total. The summed E-state index contributed by atoms with van der Waals surface area (Å²) in [5.41, 5.74) is -0.0298. The number of fused-ring (bicyclic) bond motifs is 1. The minimum absolute atomic E-state index is 0.116. The standard InChI is InChI=1S/C18H18ClNO4/c1-10(2)23-17(22)14-13-6-7-18(24-13)9-20(16(21)15(14)18)12-5-3-4-11(19)8-12/h3-8,10,13-15H,9H2,1-2H3/t13-,14+,15-,18?/m1/s1. The zero-order chi connectivity index (χ0) is 17.1. The highest BCUT2D eigenvalue weighted by molar-refractivity contribution is 6.31. The van der Waals surface area contributed by atoms with Gasteiger partial charge in [-0.25, -0.2) is 0 Å². The molecule has 4 atom stereocenters.